The number of benzene rings is 1. The summed E-state index contributed by atoms with van der Waals surface area (Å²) in [5.74, 6) is 1.85. The average molecular weight is 271 g/mol. The molecule has 0 amide bonds. The van der Waals surface area contributed by atoms with Crippen molar-refractivity contribution in [3.8, 4) is 11.6 Å². The minimum absolute atomic E-state index is 0.461. The molecule has 0 saturated carbocycles. The molecule has 0 aliphatic heterocycles. The van der Waals surface area contributed by atoms with Gasteiger partial charge in [-0.3, -0.25) is 0 Å². The molecule has 1 aromatic carbocycles. The number of nitrogens with zero attached hydrogens (tertiary/aromatic N) is 2. The van der Waals surface area contributed by atoms with Gasteiger partial charge in [-0.15, -0.1) is 5.10 Å². The Bertz CT molecular complexity index is 540. The van der Waals surface area contributed by atoms with Crippen LogP contribution in [0.1, 0.15) is 37.4 Å². The maximum Gasteiger partial charge on any atom is 0.238 e. The molecular formula is C16H21N3O. The van der Waals surface area contributed by atoms with E-state index >= 15 is 0 Å². The van der Waals surface area contributed by atoms with E-state index in [9.17, 15) is 0 Å². The molecule has 0 fully saturated rings. The lowest BCUT2D eigenvalue weighted by molar-refractivity contribution is 0.443. The summed E-state index contributed by atoms with van der Waals surface area (Å²) in [6.07, 6.45) is 1.08. The molecule has 0 radical (unpaired) electrons. The number of para-hydroxylation sites is 1. The van der Waals surface area contributed by atoms with Gasteiger partial charge in [0.05, 0.1) is 5.69 Å². The minimum Gasteiger partial charge on any atom is -0.437 e. The molecule has 106 valence electrons. The predicted octanol–water partition coefficient (Wildman–Crippen LogP) is 3.50. The van der Waals surface area contributed by atoms with E-state index in [0.717, 1.165) is 17.9 Å². The van der Waals surface area contributed by atoms with Crippen molar-refractivity contribution < 1.29 is 4.74 Å². The normalized spacial score (nSPS) is 12.2. The van der Waals surface area contributed by atoms with Gasteiger partial charge >= 0.3 is 0 Å². The zero-order chi connectivity index (χ0) is 14.4. The summed E-state index contributed by atoms with van der Waals surface area (Å²) in [4.78, 5) is 0. The van der Waals surface area contributed by atoms with Crippen LogP contribution in [0.2, 0.25) is 0 Å². The molecular weight excluding hydrogens is 250 g/mol. The van der Waals surface area contributed by atoms with Gasteiger partial charge in [0.2, 0.25) is 5.88 Å². The first-order chi connectivity index (χ1) is 9.74. The van der Waals surface area contributed by atoms with E-state index in [-0.39, 0.29) is 0 Å². The van der Waals surface area contributed by atoms with Crippen molar-refractivity contribution in [2.75, 3.05) is 7.05 Å². The third-order valence-corrected chi connectivity index (χ3v) is 3.33. The first kappa shape index (κ1) is 14.5. The van der Waals surface area contributed by atoms with E-state index in [1.165, 1.54) is 5.56 Å². The summed E-state index contributed by atoms with van der Waals surface area (Å²) in [5, 5.41) is 11.3. The van der Waals surface area contributed by atoms with Crippen LogP contribution in [0.15, 0.2) is 36.4 Å². The Morgan fingerprint density at radius 1 is 1.15 bits per heavy atom. The van der Waals surface area contributed by atoms with Crippen molar-refractivity contribution in [1.82, 2.24) is 15.5 Å². The van der Waals surface area contributed by atoms with Gasteiger partial charge in [-0.25, -0.2) is 0 Å². The molecule has 0 saturated heterocycles. The predicted molar refractivity (Wildman–Crippen MR) is 80.0 cm³/mol. The topological polar surface area (TPSA) is 47.0 Å². The van der Waals surface area contributed by atoms with E-state index in [2.05, 4.69) is 35.4 Å². The van der Waals surface area contributed by atoms with E-state index in [4.69, 9.17) is 4.74 Å². The number of hydrogen-bond donors (Lipinski definition) is 1. The summed E-state index contributed by atoms with van der Waals surface area (Å²) in [6, 6.07) is 11.9. The third-order valence-electron chi connectivity index (χ3n) is 3.33. The van der Waals surface area contributed by atoms with Crippen molar-refractivity contribution in [3.63, 3.8) is 0 Å². The summed E-state index contributed by atoms with van der Waals surface area (Å²) in [7, 11) is 1.88. The standard InChI is InChI=1S/C16H21N3O/c1-4-12(2)14-7-5-6-8-15(14)20-16-10-9-13(11-17-3)18-19-16/h5-10,12,17H,4,11H2,1-3H3. The molecule has 2 rings (SSSR count). The van der Waals surface area contributed by atoms with Crippen molar-refractivity contribution in [2.45, 2.75) is 32.7 Å². The average Bonchev–Trinajstić information content (AvgIpc) is 2.49. The van der Waals surface area contributed by atoms with Crippen LogP contribution in [-0.2, 0) is 6.54 Å². The van der Waals surface area contributed by atoms with Gasteiger partial charge in [0.1, 0.15) is 5.75 Å². The Morgan fingerprint density at radius 2 is 1.95 bits per heavy atom. The number of hydrogen-bond acceptors (Lipinski definition) is 4. The number of aromatic nitrogens is 2. The molecule has 2 aromatic rings. The Hall–Kier alpha value is -1.94. The molecule has 1 N–H and O–H groups in total. The van der Waals surface area contributed by atoms with Crippen LogP contribution in [0.4, 0.5) is 0 Å². The second-order valence-corrected chi connectivity index (χ2v) is 4.84. The molecule has 0 bridgehead atoms. The highest BCUT2D eigenvalue weighted by Gasteiger charge is 2.10. The van der Waals surface area contributed by atoms with Gasteiger partial charge in [-0.05, 0) is 37.1 Å². The fraction of sp³-hybridized carbons (Fsp3) is 0.375. The van der Waals surface area contributed by atoms with E-state index in [0.29, 0.717) is 18.3 Å². The lowest BCUT2D eigenvalue weighted by Crippen LogP contribution is -2.07. The summed E-state index contributed by atoms with van der Waals surface area (Å²) < 4.78 is 5.87. The van der Waals surface area contributed by atoms with Gasteiger partial charge in [0.15, 0.2) is 0 Å². The Morgan fingerprint density at radius 3 is 2.60 bits per heavy atom. The van der Waals surface area contributed by atoms with Crippen LogP contribution in [-0.4, -0.2) is 17.2 Å². The Labute approximate surface area is 120 Å². The summed E-state index contributed by atoms with van der Waals surface area (Å²) in [6.45, 7) is 5.08. The zero-order valence-corrected chi connectivity index (χ0v) is 12.3. The molecule has 0 aliphatic rings. The lowest BCUT2D eigenvalue weighted by Gasteiger charge is -2.14. The number of nitrogens with one attached hydrogen (secondary N) is 1. The molecule has 1 heterocycles. The van der Waals surface area contributed by atoms with Crippen molar-refractivity contribution in [1.29, 1.82) is 0 Å². The minimum atomic E-state index is 0.461. The second-order valence-electron chi connectivity index (χ2n) is 4.84. The van der Waals surface area contributed by atoms with Gasteiger partial charge < -0.3 is 10.1 Å². The van der Waals surface area contributed by atoms with Crippen LogP contribution in [0.25, 0.3) is 0 Å². The summed E-state index contributed by atoms with van der Waals surface area (Å²) in [5.41, 5.74) is 2.10. The van der Waals surface area contributed by atoms with Gasteiger partial charge in [0, 0.05) is 12.6 Å². The van der Waals surface area contributed by atoms with E-state index < -0.39 is 0 Å². The highest BCUT2D eigenvalue weighted by atomic mass is 16.5. The SMILES string of the molecule is CCC(C)c1ccccc1Oc1ccc(CNC)nn1. The maximum absolute atomic E-state index is 5.87. The Balaban J connectivity index is 2.17. The molecule has 0 spiro atoms. The second kappa shape index (κ2) is 7.01. The lowest BCUT2D eigenvalue weighted by atomic mass is 9.98. The van der Waals surface area contributed by atoms with Crippen LogP contribution in [0.5, 0.6) is 11.6 Å². The smallest absolute Gasteiger partial charge is 0.238 e. The van der Waals surface area contributed by atoms with Gasteiger partial charge in [-0.1, -0.05) is 32.0 Å². The van der Waals surface area contributed by atoms with Crippen LogP contribution in [0.3, 0.4) is 0 Å². The quantitative estimate of drug-likeness (QED) is 0.873. The molecule has 4 heteroatoms. The highest BCUT2D eigenvalue weighted by molar-refractivity contribution is 5.38. The molecule has 1 atom stereocenters. The molecule has 1 aromatic heterocycles. The van der Waals surface area contributed by atoms with Crippen molar-refractivity contribution in [2.24, 2.45) is 0 Å². The van der Waals surface area contributed by atoms with Gasteiger partial charge in [-0.2, -0.15) is 5.10 Å². The Kier molecular flexibility index (Phi) is 5.07. The van der Waals surface area contributed by atoms with Crippen molar-refractivity contribution in [3.05, 3.63) is 47.7 Å². The number of ether oxygens (including phenoxy) is 1. The van der Waals surface area contributed by atoms with E-state index in [1.54, 1.807) is 0 Å². The zero-order valence-electron chi connectivity index (χ0n) is 12.3. The molecule has 0 aliphatic carbocycles. The third kappa shape index (κ3) is 3.54. The largest absolute Gasteiger partial charge is 0.437 e. The van der Waals surface area contributed by atoms with E-state index in [1.807, 2.05) is 37.4 Å². The first-order valence-corrected chi connectivity index (χ1v) is 6.98. The highest BCUT2D eigenvalue weighted by Crippen LogP contribution is 2.31. The summed E-state index contributed by atoms with van der Waals surface area (Å²) >= 11 is 0. The molecule has 4 nitrogen and oxygen atoms in total. The van der Waals surface area contributed by atoms with Crippen molar-refractivity contribution >= 4 is 0 Å². The first-order valence-electron chi connectivity index (χ1n) is 6.98. The maximum atomic E-state index is 5.87. The van der Waals surface area contributed by atoms with Crippen LogP contribution >= 0.6 is 0 Å². The van der Waals surface area contributed by atoms with Crippen LogP contribution < -0.4 is 10.1 Å². The van der Waals surface area contributed by atoms with Gasteiger partial charge in [0.25, 0.3) is 0 Å². The fourth-order valence-electron chi connectivity index (χ4n) is 1.99. The number of rotatable bonds is 6. The van der Waals surface area contributed by atoms with Crippen LogP contribution in [0, 0.1) is 0 Å². The molecule has 20 heavy (non-hydrogen) atoms. The fourth-order valence-corrected chi connectivity index (χ4v) is 1.99. The monoisotopic (exact) mass is 271 g/mol. The molecule has 1 unspecified atom stereocenters.